The molecule has 1 saturated heterocycles. The second kappa shape index (κ2) is 7.35. The third-order valence-electron chi connectivity index (χ3n) is 5.17. The minimum Gasteiger partial charge on any atom is -0.465 e. The molecule has 9 nitrogen and oxygen atoms in total. The number of hydrogen-bond acceptors (Lipinski definition) is 4. The van der Waals surface area contributed by atoms with E-state index in [-0.39, 0.29) is 18.0 Å². The number of carbonyl (C=O) groups excluding carboxylic acids is 2. The van der Waals surface area contributed by atoms with Crippen molar-refractivity contribution in [1.29, 1.82) is 0 Å². The van der Waals surface area contributed by atoms with E-state index in [1.54, 1.807) is 15.7 Å². The first kappa shape index (κ1) is 18.2. The first-order valence-corrected chi connectivity index (χ1v) is 9.04. The van der Waals surface area contributed by atoms with Gasteiger partial charge < -0.3 is 20.2 Å². The van der Waals surface area contributed by atoms with E-state index in [0.717, 1.165) is 12.1 Å². The molecule has 1 atom stereocenters. The summed E-state index contributed by atoms with van der Waals surface area (Å²) in [5.74, 6) is 0.522. The molecule has 0 saturated carbocycles. The van der Waals surface area contributed by atoms with Crippen LogP contribution in [0.1, 0.15) is 44.1 Å². The maximum atomic E-state index is 12.6. The van der Waals surface area contributed by atoms with Gasteiger partial charge in [0.2, 0.25) is 5.91 Å². The molecule has 1 aromatic heterocycles. The van der Waals surface area contributed by atoms with Crippen molar-refractivity contribution in [3.05, 3.63) is 17.7 Å². The van der Waals surface area contributed by atoms with Gasteiger partial charge in [-0.25, -0.2) is 14.6 Å². The van der Waals surface area contributed by atoms with Crippen LogP contribution >= 0.6 is 0 Å². The molecular weight excluding hydrogens is 338 g/mol. The molecule has 3 amide bonds. The quantitative estimate of drug-likeness (QED) is 0.822. The number of rotatable bonds is 5. The summed E-state index contributed by atoms with van der Waals surface area (Å²) in [5, 5.41) is 11.2. The lowest BCUT2D eigenvalue weighted by atomic mass is 10.0. The van der Waals surface area contributed by atoms with Gasteiger partial charge in [-0.2, -0.15) is 0 Å². The van der Waals surface area contributed by atoms with Crippen molar-refractivity contribution in [2.24, 2.45) is 0 Å². The fourth-order valence-electron chi connectivity index (χ4n) is 3.83. The number of nitrogens with one attached hydrogen (secondary N) is 1. The third-order valence-corrected chi connectivity index (χ3v) is 5.17. The average molecular weight is 363 g/mol. The summed E-state index contributed by atoms with van der Waals surface area (Å²) in [5.41, 5.74) is 0.902. The van der Waals surface area contributed by atoms with Crippen molar-refractivity contribution in [1.82, 2.24) is 24.7 Å². The monoisotopic (exact) mass is 363 g/mol. The smallest absolute Gasteiger partial charge is 0.405 e. The Morgan fingerprint density at radius 3 is 2.65 bits per heavy atom. The Labute approximate surface area is 152 Å². The van der Waals surface area contributed by atoms with Gasteiger partial charge in [-0.15, -0.1) is 0 Å². The van der Waals surface area contributed by atoms with Gasteiger partial charge in [0.25, 0.3) is 0 Å². The molecule has 1 unspecified atom stereocenters. The maximum absolute atomic E-state index is 12.6. The largest absolute Gasteiger partial charge is 0.465 e. The second-order valence-corrected chi connectivity index (χ2v) is 6.89. The zero-order valence-corrected chi connectivity index (χ0v) is 15.1. The van der Waals surface area contributed by atoms with Gasteiger partial charge >= 0.3 is 12.1 Å². The van der Waals surface area contributed by atoms with Crippen LogP contribution in [0, 0.1) is 6.92 Å². The molecule has 0 spiro atoms. The number of amides is 3. The summed E-state index contributed by atoms with van der Waals surface area (Å²) in [6.45, 7) is 5.34. The van der Waals surface area contributed by atoms with Crippen LogP contribution in [0.3, 0.4) is 0 Å². The van der Waals surface area contributed by atoms with Crippen LogP contribution in [0.4, 0.5) is 9.59 Å². The minimum absolute atomic E-state index is 0.0452. The third kappa shape index (κ3) is 3.38. The summed E-state index contributed by atoms with van der Waals surface area (Å²) in [6.07, 6.45) is 3.15. The summed E-state index contributed by atoms with van der Waals surface area (Å²) < 4.78 is 1.64. The second-order valence-electron chi connectivity index (χ2n) is 6.89. The Hall–Kier alpha value is -2.58. The normalized spacial score (nSPS) is 18.8. The zero-order chi connectivity index (χ0) is 18.8. The highest BCUT2D eigenvalue weighted by molar-refractivity contribution is 5.85. The number of likely N-dealkylation sites (tertiary alicyclic amines) is 1. The SMILES string of the molecule is CCCC(NC(=O)O)C(=O)N1CCC(N2Cc3cnc(C)n3C2=O)CC1. The van der Waals surface area contributed by atoms with Crippen LogP contribution in [0.5, 0.6) is 0 Å². The predicted molar refractivity (Wildman–Crippen MR) is 92.8 cm³/mol. The van der Waals surface area contributed by atoms with Crippen LogP contribution in [-0.4, -0.2) is 67.7 Å². The zero-order valence-electron chi connectivity index (χ0n) is 15.1. The molecule has 1 aromatic rings. The van der Waals surface area contributed by atoms with Gasteiger partial charge in [0.1, 0.15) is 11.9 Å². The number of imidazole rings is 1. The van der Waals surface area contributed by atoms with Gasteiger partial charge in [-0.1, -0.05) is 13.3 Å². The molecule has 2 aliphatic heterocycles. The van der Waals surface area contributed by atoms with E-state index in [9.17, 15) is 14.4 Å². The number of aromatic nitrogens is 2. The fraction of sp³-hybridized carbons (Fsp3) is 0.647. The number of nitrogens with zero attached hydrogens (tertiary/aromatic N) is 4. The van der Waals surface area contributed by atoms with Gasteiger partial charge in [-0.05, 0) is 26.2 Å². The van der Waals surface area contributed by atoms with E-state index in [2.05, 4.69) is 10.3 Å². The van der Waals surface area contributed by atoms with Crippen molar-refractivity contribution < 1.29 is 19.5 Å². The van der Waals surface area contributed by atoms with Crippen molar-refractivity contribution in [2.45, 2.75) is 58.2 Å². The van der Waals surface area contributed by atoms with Crippen molar-refractivity contribution >= 4 is 18.0 Å². The van der Waals surface area contributed by atoms with Crippen molar-refractivity contribution in [2.75, 3.05) is 13.1 Å². The topological polar surface area (TPSA) is 108 Å². The Bertz CT molecular complexity index is 708. The lowest BCUT2D eigenvalue weighted by molar-refractivity contribution is -0.135. The number of carboxylic acid groups (broad SMARTS) is 1. The Morgan fingerprint density at radius 2 is 2.08 bits per heavy atom. The fourth-order valence-corrected chi connectivity index (χ4v) is 3.83. The molecule has 2 N–H and O–H groups in total. The first-order chi connectivity index (χ1) is 12.4. The number of fused-ring (bicyclic) bond motifs is 1. The Morgan fingerprint density at radius 1 is 1.38 bits per heavy atom. The molecule has 3 heterocycles. The van der Waals surface area contributed by atoms with E-state index in [4.69, 9.17) is 5.11 Å². The molecule has 0 aliphatic carbocycles. The van der Waals surface area contributed by atoms with Gasteiger partial charge in [-0.3, -0.25) is 9.36 Å². The van der Waals surface area contributed by atoms with Crippen molar-refractivity contribution in [3.63, 3.8) is 0 Å². The van der Waals surface area contributed by atoms with E-state index in [1.165, 1.54) is 0 Å². The van der Waals surface area contributed by atoms with Gasteiger partial charge in [0.05, 0.1) is 18.4 Å². The summed E-state index contributed by atoms with van der Waals surface area (Å²) in [4.78, 5) is 43.8. The summed E-state index contributed by atoms with van der Waals surface area (Å²) in [6, 6.07) is -0.656. The van der Waals surface area contributed by atoms with Crippen LogP contribution in [0.25, 0.3) is 0 Å². The highest BCUT2D eigenvalue weighted by Crippen LogP contribution is 2.26. The molecular formula is C17H25N5O4. The molecule has 3 rings (SSSR count). The van der Waals surface area contributed by atoms with E-state index in [0.29, 0.717) is 44.7 Å². The van der Waals surface area contributed by atoms with Crippen LogP contribution in [-0.2, 0) is 11.3 Å². The predicted octanol–water partition coefficient (Wildman–Crippen LogP) is 1.40. The molecule has 0 bridgehead atoms. The number of hydrogen-bond donors (Lipinski definition) is 2. The van der Waals surface area contributed by atoms with Crippen LogP contribution in [0.15, 0.2) is 6.20 Å². The Kier molecular flexibility index (Phi) is 5.15. The molecule has 2 aliphatic rings. The molecule has 1 fully saturated rings. The Balaban J connectivity index is 1.58. The number of carbonyl (C=O) groups is 3. The molecule has 0 aromatic carbocycles. The first-order valence-electron chi connectivity index (χ1n) is 9.04. The van der Waals surface area contributed by atoms with Crippen LogP contribution < -0.4 is 5.32 Å². The molecule has 26 heavy (non-hydrogen) atoms. The van der Waals surface area contributed by atoms with Crippen molar-refractivity contribution in [3.8, 4) is 0 Å². The highest BCUT2D eigenvalue weighted by atomic mass is 16.4. The van der Waals surface area contributed by atoms with Crippen LogP contribution in [0.2, 0.25) is 0 Å². The summed E-state index contributed by atoms with van der Waals surface area (Å²) in [7, 11) is 0. The molecule has 142 valence electrons. The lowest BCUT2D eigenvalue weighted by Crippen LogP contribution is -2.53. The van der Waals surface area contributed by atoms with E-state index in [1.807, 2.05) is 18.7 Å². The number of piperidine rings is 1. The number of aryl methyl sites for hydroxylation is 1. The van der Waals surface area contributed by atoms with E-state index >= 15 is 0 Å². The summed E-state index contributed by atoms with van der Waals surface area (Å²) >= 11 is 0. The van der Waals surface area contributed by atoms with Gasteiger partial charge in [0.15, 0.2) is 0 Å². The molecule has 0 radical (unpaired) electrons. The highest BCUT2D eigenvalue weighted by Gasteiger charge is 2.37. The molecule has 9 heteroatoms. The minimum atomic E-state index is -1.18. The standard InChI is InChI=1S/C17H25N5O4/c1-3-4-14(19-16(24)25)15(23)20-7-5-12(6-8-20)21-10-13-9-18-11(2)22(13)17(21)26/h9,12,14,19H,3-8,10H2,1-2H3,(H,24,25). The maximum Gasteiger partial charge on any atom is 0.405 e. The van der Waals surface area contributed by atoms with Gasteiger partial charge in [0, 0.05) is 19.1 Å². The van der Waals surface area contributed by atoms with E-state index < -0.39 is 12.1 Å². The lowest BCUT2D eigenvalue weighted by Gasteiger charge is -2.37. The average Bonchev–Trinajstić information content (AvgIpc) is 3.14.